The number of halogens is 2. The van der Waals surface area contributed by atoms with Crippen molar-refractivity contribution in [3.8, 4) is 11.5 Å². The van der Waals surface area contributed by atoms with E-state index in [0.29, 0.717) is 16.0 Å². The third kappa shape index (κ3) is 5.86. The van der Waals surface area contributed by atoms with Gasteiger partial charge in [0.25, 0.3) is 11.6 Å². The highest BCUT2D eigenvalue weighted by atomic mass is 79.9. The lowest BCUT2D eigenvalue weighted by atomic mass is 10.1. The zero-order chi connectivity index (χ0) is 20.7. The molecule has 2 rings (SSSR count). The molecule has 2 aromatic rings. The maximum Gasteiger partial charge on any atom is 0.277 e. The Bertz CT molecular complexity index is 948. The first-order chi connectivity index (χ1) is 13.3. The highest BCUT2D eigenvalue weighted by Crippen LogP contribution is 2.38. The molecule has 0 fully saturated rings. The fraction of sp³-hybridized carbons (Fsp3) is 0.118. The Kier molecular flexibility index (Phi) is 7.64. The highest BCUT2D eigenvalue weighted by molar-refractivity contribution is 9.11. The lowest BCUT2D eigenvalue weighted by Crippen LogP contribution is -2.25. The van der Waals surface area contributed by atoms with Crippen LogP contribution < -0.4 is 14.9 Å². The van der Waals surface area contributed by atoms with Gasteiger partial charge in [-0.25, -0.2) is 5.43 Å². The molecule has 0 bridgehead atoms. The third-order valence-electron chi connectivity index (χ3n) is 3.25. The molecule has 0 aliphatic carbocycles. The van der Waals surface area contributed by atoms with Crippen LogP contribution in [-0.4, -0.2) is 36.5 Å². The normalized spacial score (nSPS) is 10.5. The number of methoxy groups -OCH3 is 1. The second-order valence-electron chi connectivity index (χ2n) is 5.17. The minimum absolute atomic E-state index is 0.0759. The van der Waals surface area contributed by atoms with E-state index in [1.54, 1.807) is 12.1 Å². The molecule has 0 atom stereocenters. The molecule has 0 aromatic heterocycles. The predicted molar refractivity (Wildman–Crippen MR) is 108 cm³/mol. The number of Topliss-reactive ketones (excluding diaryl/α,β-unsaturated/α-hetero) is 1. The number of hydrazone groups is 1. The first kappa shape index (κ1) is 21.5. The molecule has 11 heteroatoms. The molecular formula is C17H13Br2N3O6. The number of amides is 1. The monoisotopic (exact) mass is 513 g/mol. The zero-order valence-corrected chi connectivity index (χ0v) is 17.5. The van der Waals surface area contributed by atoms with Gasteiger partial charge in [-0.05, 0) is 28.1 Å². The average Bonchev–Trinajstić information content (AvgIpc) is 2.66. The van der Waals surface area contributed by atoms with E-state index >= 15 is 0 Å². The van der Waals surface area contributed by atoms with E-state index in [0.717, 1.165) is 16.8 Å². The van der Waals surface area contributed by atoms with Crippen LogP contribution in [0.5, 0.6) is 11.5 Å². The van der Waals surface area contributed by atoms with Crippen molar-refractivity contribution in [2.24, 2.45) is 5.10 Å². The van der Waals surface area contributed by atoms with Crippen molar-refractivity contribution in [1.82, 2.24) is 5.43 Å². The van der Waals surface area contributed by atoms with Crippen molar-refractivity contribution in [1.29, 1.82) is 0 Å². The number of nitrogens with one attached hydrogen (secondary N) is 1. The van der Waals surface area contributed by atoms with Crippen LogP contribution in [0.15, 0.2) is 50.4 Å². The van der Waals surface area contributed by atoms with Crippen molar-refractivity contribution >= 4 is 55.5 Å². The fourth-order valence-corrected chi connectivity index (χ4v) is 3.31. The minimum Gasteiger partial charge on any atom is -0.493 e. The summed E-state index contributed by atoms with van der Waals surface area (Å²) in [4.78, 5) is 33.9. The number of non-ortho nitro benzene ring substituents is 1. The van der Waals surface area contributed by atoms with Gasteiger partial charge in [-0.1, -0.05) is 28.1 Å². The van der Waals surface area contributed by atoms with E-state index in [9.17, 15) is 19.7 Å². The van der Waals surface area contributed by atoms with Crippen molar-refractivity contribution < 1.29 is 24.0 Å². The topological polar surface area (TPSA) is 120 Å². The van der Waals surface area contributed by atoms with Gasteiger partial charge in [-0.15, -0.1) is 0 Å². The van der Waals surface area contributed by atoms with E-state index in [-0.39, 0.29) is 17.9 Å². The number of nitro groups is 1. The lowest BCUT2D eigenvalue weighted by Gasteiger charge is -2.12. The number of ether oxygens (including phenoxy) is 2. The van der Waals surface area contributed by atoms with Crippen LogP contribution in [0, 0.1) is 10.1 Å². The van der Waals surface area contributed by atoms with Crippen LogP contribution in [0.4, 0.5) is 5.69 Å². The Morgan fingerprint density at radius 1 is 1.29 bits per heavy atom. The SMILES string of the molecule is COc1cc(Br)cc(Br)c1OCC(=O)NN=CC(=O)c1cccc([N+](=O)[O-])c1. The van der Waals surface area contributed by atoms with E-state index in [2.05, 4.69) is 42.4 Å². The van der Waals surface area contributed by atoms with Crippen LogP contribution in [0.2, 0.25) is 0 Å². The predicted octanol–water partition coefficient (Wildman–Crippen LogP) is 3.49. The van der Waals surface area contributed by atoms with E-state index in [1.165, 1.54) is 25.3 Å². The van der Waals surface area contributed by atoms with E-state index in [1.807, 2.05) is 0 Å². The Balaban J connectivity index is 1.93. The van der Waals surface area contributed by atoms with Crippen LogP contribution in [0.1, 0.15) is 10.4 Å². The van der Waals surface area contributed by atoms with Crippen molar-refractivity contribution in [3.63, 3.8) is 0 Å². The second kappa shape index (κ2) is 9.95. The Hall–Kier alpha value is -2.79. The van der Waals surface area contributed by atoms with Crippen LogP contribution in [0.25, 0.3) is 0 Å². The van der Waals surface area contributed by atoms with E-state index < -0.39 is 16.6 Å². The first-order valence-corrected chi connectivity index (χ1v) is 9.17. The number of hydrogen-bond donors (Lipinski definition) is 1. The van der Waals surface area contributed by atoms with Crippen LogP contribution in [0.3, 0.4) is 0 Å². The number of benzene rings is 2. The standard InChI is InChI=1S/C17H13Br2N3O6/c1-27-15-7-11(18)6-13(19)17(15)28-9-16(24)21-20-8-14(23)10-3-2-4-12(5-10)22(25)26/h2-8H,9H2,1H3,(H,21,24). The first-order valence-electron chi connectivity index (χ1n) is 7.58. The molecule has 1 amide bonds. The van der Waals surface area contributed by atoms with Gasteiger partial charge in [0.15, 0.2) is 18.1 Å². The van der Waals surface area contributed by atoms with Gasteiger partial charge in [0.2, 0.25) is 5.78 Å². The maximum atomic E-state index is 12.0. The molecular weight excluding hydrogens is 502 g/mol. The quantitative estimate of drug-likeness (QED) is 0.249. The van der Waals surface area contributed by atoms with E-state index in [4.69, 9.17) is 9.47 Å². The smallest absolute Gasteiger partial charge is 0.277 e. The summed E-state index contributed by atoms with van der Waals surface area (Å²) in [5.74, 6) is -0.460. The number of ketones is 1. The summed E-state index contributed by atoms with van der Waals surface area (Å²) in [5.41, 5.74) is 2.00. The molecule has 28 heavy (non-hydrogen) atoms. The van der Waals surface area contributed by atoms with Gasteiger partial charge >= 0.3 is 0 Å². The summed E-state index contributed by atoms with van der Waals surface area (Å²) >= 11 is 6.63. The average molecular weight is 515 g/mol. The molecule has 1 N–H and O–H groups in total. The van der Waals surface area contributed by atoms with Crippen molar-refractivity contribution in [2.75, 3.05) is 13.7 Å². The molecule has 0 saturated heterocycles. The molecule has 146 valence electrons. The fourth-order valence-electron chi connectivity index (χ4n) is 2.01. The zero-order valence-electron chi connectivity index (χ0n) is 14.3. The van der Waals surface area contributed by atoms with Crippen molar-refractivity contribution in [2.45, 2.75) is 0 Å². The molecule has 0 saturated carbocycles. The summed E-state index contributed by atoms with van der Waals surface area (Å²) in [6.07, 6.45) is 0.854. The Morgan fingerprint density at radius 2 is 2.04 bits per heavy atom. The molecule has 0 unspecified atom stereocenters. The lowest BCUT2D eigenvalue weighted by molar-refractivity contribution is -0.384. The summed E-state index contributed by atoms with van der Waals surface area (Å²) in [6.45, 7) is -0.376. The minimum atomic E-state index is -0.611. The van der Waals surface area contributed by atoms with Crippen molar-refractivity contribution in [3.05, 3.63) is 61.0 Å². The summed E-state index contributed by atoms with van der Waals surface area (Å²) < 4.78 is 12.0. The maximum absolute atomic E-state index is 12.0. The molecule has 0 aliphatic heterocycles. The van der Waals surface area contributed by atoms with Gasteiger partial charge in [-0.2, -0.15) is 5.10 Å². The number of nitro benzene ring substituents is 1. The molecule has 2 aromatic carbocycles. The van der Waals surface area contributed by atoms with Crippen LogP contribution in [-0.2, 0) is 4.79 Å². The van der Waals surface area contributed by atoms with Crippen LogP contribution >= 0.6 is 31.9 Å². The number of nitrogens with zero attached hydrogens (tertiary/aromatic N) is 2. The number of carbonyl (C=O) groups is 2. The largest absolute Gasteiger partial charge is 0.493 e. The molecule has 9 nitrogen and oxygen atoms in total. The Labute approximate surface area is 176 Å². The number of rotatable bonds is 8. The number of carbonyl (C=O) groups excluding carboxylic acids is 2. The molecule has 0 spiro atoms. The number of hydrogen-bond acceptors (Lipinski definition) is 7. The highest BCUT2D eigenvalue weighted by Gasteiger charge is 2.13. The summed E-state index contributed by atoms with van der Waals surface area (Å²) in [6, 6.07) is 8.58. The van der Waals surface area contributed by atoms with Gasteiger partial charge < -0.3 is 9.47 Å². The van der Waals surface area contributed by atoms with Gasteiger partial charge in [0.05, 0.1) is 22.7 Å². The molecule has 0 radical (unpaired) electrons. The summed E-state index contributed by atoms with van der Waals surface area (Å²) in [5, 5.41) is 14.3. The Morgan fingerprint density at radius 3 is 2.71 bits per heavy atom. The summed E-state index contributed by atoms with van der Waals surface area (Å²) in [7, 11) is 1.46. The van der Waals surface area contributed by atoms with Gasteiger partial charge in [-0.3, -0.25) is 19.7 Å². The second-order valence-corrected chi connectivity index (χ2v) is 6.94. The third-order valence-corrected chi connectivity index (χ3v) is 4.30. The van der Waals surface area contributed by atoms with Gasteiger partial charge in [0.1, 0.15) is 0 Å². The molecule has 0 aliphatic rings. The van der Waals surface area contributed by atoms with Gasteiger partial charge in [0, 0.05) is 22.2 Å². The molecule has 0 heterocycles.